The molecule has 1 saturated carbocycles. The molecule has 1 heterocycles. The van der Waals surface area contributed by atoms with Crippen molar-refractivity contribution >= 4 is 33.2 Å². The van der Waals surface area contributed by atoms with Gasteiger partial charge < -0.3 is 15.8 Å². The van der Waals surface area contributed by atoms with E-state index in [1.54, 1.807) is 11.3 Å². The molecule has 1 aliphatic carbocycles. The van der Waals surface area contributed by atoms with Gasteiger partial charge in [0.05, 0.1) is 16.4 Å². The Labute approximate surface area is 132 Å². The first kappa shape index (κ1) is 15.9. The van der Waals surface area contributed by atoms with Gasteiger partial charge in [0.25, 0.3) is 0 Å². The second-order valence-corrected chi connectivity index (χ2v) is 8.28. The molecule has 0 bridgehead atoms. The van der Waals surface area contributed by atoms with Gasteiger partial charge >= 0.3 is 0 Å². The number of nitrogens with one attached hydrogen (secondary N) is 1. The third kappa shape index (κ3) is 2.66. The van der Waals surface area contributed by atoms with E-state index >= 15 is 0 Å². The average Bonchev–Trinajstić information content (AvgIpc) is 2.81. The number of halogens is 1. The fourth-order valence-corrected chi connectivity index (χ4v) is 4.02. The normalized spacial score (nSPS) is 27.9. The summed E-state index contributed by atoms with van der Waals surface area (Å²) in [6.45, 7) is 7.12. The maximum absolute atomic E-state index is 12.4. The molecule has 6 heteroatoms. The predicted octanol–water partition coefficient (Wildman–Crippen LogP) is 2.66. The smallest absolute Gasteiger partial charge is 0.241 e. The summed E-state index contributed by atoms with van der Waals surface area (Å²) >= 11 is 5.02. The Balaban J connectivity index is 1.95. The minimum absolute atomic E-state index is 0.0548. The molecule has 0 spiro atoms. The van der Waals surface area contributed by atoms with Crippen molar-refractivity contribution in [3.8, 4) is 0 Å². The van der Waals surface area contributed by atoms with Gasteiger partial charge in [-0.05, 0) is 35.0 Å². The highest BCUT2D eigenvalue weighted by atomic mass is 79.9. The van der Waals surface area contributed by atoms with Gasteiger partial charge in [-0.2, -0.15) is 0 Å². The molecule has 112 valence electrons. The van der Waals surface area contributed by atoms with E-state index in [1.807, 2.05) is 32.9 Å². The van der Waals surface area contributed by atoms with E-state index < -0.39 is 5.54 Å². The summed E-state index contributed by atoms with van der Waals surface area (Å²) in [5, 5.41) is 2.94. The summed E-state index contributed by atoms with van der Waals surface area (Å²) in [4.78, 5) is 13.5. The Morgan fingerprint density at radius 3 is 2.80 bits per heavy atom. The number of hydrogen-bond donors (Lipinski definition) is 2. The van der Waals surface area contributed by atoms with E-state index in [2.05, 4.69) is 21.2 Å². The summed E-state index contributed by atoms with van der Waals surface area (Å²) in [5.74, 6) is -0.0945. The van der Waals surface area contributed by atoms with Crippen LogP contribution < -0.4 is 11.1 Å². The second kappa shape index (κ2) is 5.75. The van der Waals surface area contributed by atoms with Crippen LogP contribution in [-0.2, 0) is 16.1 Å². The number of ether oxygens (including phenoxy) is 1. The maximum Gasteiger partial charge on any atom is 0.241 e. The Bertz CT molecular complexity index is 503. The molecule has 2 atom stereocenters. The Hall–Kier alpha value is -0.430. The summed E-state index contributed by atoms with van der Waals surface area (Å²) < 4.78 is 6.70. The maximum atomic E-state index is 12.4. The van der Waals surface area contributed by atoms with Gasteiger partial charge in [-0.1, -0.05) is 13.8 Å². The van der Waals surface area contributed by atoms with E-state index in [9.17, 15) is 4.79 Å². The van der Waals surface area contributed by atoms with Gasteiger partial charge in [0.1, 0.15) is 5.54 Å². The summed E-state index contributed by atoms with van der Waals surface area (Å²) in [6.07, 6.45) is 0.632. The molecule has 1 aliphatic rings. The largest absolute Gasteiger partial charge is 0.378 e. The number of carbonyl (C=O) groups excluding carboxylic acids is 1. The van der Waals surface area contributed by atoms with Crippen LogP contribution in [0.15, 0.2) is 15.9 Å². The quantitative estimate of drug-likeness (QED) is 0.848. The lowest BCUT2D eigenvalue weighted by atomic mass is 9.54. The lowest BCUT2D eigenvalue weighted by Crippen LogP contribution is -2.75. The van der Waals surface area contributed by atoms with Crippen LogP contribution in [0.25, 0.3) is 0 Å². The monoisotopic (exact) mass is 360 g/mol. The summed E-state index contributed by atoms with van der Waals surface area (Å²) in [7, 11) is 0. The van der Waals surface area contributed by atoms with E-state index in [1.165, 1.54) is 0 Å². The molecule has 1 aromatic rings. The van der Waals surface area contributed by atoms with Crippen LogP contribution >= 0.6 is 27.3 Å². The fourth-order valence-electron chi connectivity index (χ4n) is 2.59. The second-order valence-electron chi connectivity index (χ2n) is 5.73. The minimum Gasteiger partial charge on any atom is -0.378 e. The highest BCUT2D eigenvalue weighted by molar-refractivity contribution is 9.11. The molecule has 0 aliphatic heterocycles. The van der Waals surface area contributed by atoms with Crippen LogP contribution in [0.3, 0.4) is 0 Å². The number of rotatable bonds is 5. The van der Waals surface area contributed by atoms with Crippen molar-refractivity contribution in [3.05, 3.63) is 20.8 Å². The van der Waals surface area contributed by atoms with E-state index in [4.69, 9.17) is 10.5 Å². The molecule has 1 fully saturated rings. The molecule has 20 heavy (non-hydrogen) atoms. The Morgan fingerprint density at radius 2 is 2.30 bits per heavy atom. The standard InChI is InChI=1S/C14H21BrN2O2S/c1-4-19-10-7-14(16,13(10,2)3)12(18)17-8-9-5-6-11(15)20-9/h5-6,10H,4,7-8,16H2,1-3H3,(H,17,18). The lowest BCUT2D eigenvalue weighted by molar-refractivity contribution is -0.170. The number of carbonyl (C=O) groups is 1. The highest BCUT2D eigenvalue weighted by Gasteiger charge is 2.62. The molecule has 2 rings (SSSR count). The molecule has 1 amide bonds. The fraction of sp³-hybridized carbons (Fsp3) is 0.643. The van der Waals surface area contributed by atoms with Gasteiger partial charge in [-0.15, -0.1) is 11.3 Å². The zero-order chi connectivity index (χ0) is 15.0. The first-order chi connectivity index (χ1) is 9.31. The van der Waals surface area contributed by atoms with Crippen LogP contribution in [0.2, 0.25) is 0 Å². The van der Waals surface area contributed by atoms with Gasteiger partial charge in [-0.3, -0.25) is 4.79 Å². The molecule has 0 radical (unpaired) electrons. The zero-order valence-corrected chi connectivity index (χ0v) is 14.4. The van der Waals surface area contributed by atoms with Gasteiger partial charge in [0.15, 0.2) is 0 Å². The molecule has 0 saturated heterocycles. The molecule has 0 aromatic carbocycles. The van der Waals surface area contributed by atoms with Gasteiger partial charge in [-0.25, -0.2) is 0 Å². The van der Waals surface area contributed by atoms with Crippen LogP contribution in [0.5, 0.6) is 0 Å². The molecular formula is C14H21BrN2O2S. The molecule has 2 unspecified atom stereocenters. The van der Waals surface area contributed by atoms with Crippen molar-refractivity contribution in [2.45, 2.75) is 45.4 Å². The molecule has 1 aromatic heterocycles. The average molecular weight is 361 g/mol. The van der Waals surface area contributed by atoms with E-state index in [0.717, 1.165) is 8.66 Å². The highest BCUT2D eigenvalue weighted by Crippen LogP contribution is 2.49. The summed E-state index contributed by atoms with van der Waals surface area (Å²) in [5.41, 5.74) is 5.13. The third-order valence-electron chi connectivity index (χ3n) is 4.29. The van der Waals surface area contributed by atoms with Crippen molar-refractivity contribution < 1.29 is 9.53 Å². The van der Waals surface area contributed by atoms with Gasteiger partial charge in [0.2, 0.25) is 5.91 Å². The van der Waals surface area contributed by atoms with Crippen LogP contribution in [0.1, 0.15) is 32.1 Å². The number of amides is 1. The van der Waals surface area contributed by atoms with E-state index in [-0.39, 0.29) is 17.4 Å². The predicted molar refractivity (Wildman–Crippen MR) is 84.6 cm³/mol. The first-order valence-electron chi connectivity index (χ1n) is 6.74. The molecular weight excluding hydrogens is 340 g/mol. The zero-order valence-electron chi connectivity index (χ0n) is 12.0. The van der Waals surface area contributed by atoms with Crippen molar-refractivity contribution in [2.75, 3.05) is 6.61 Å². The SMILES string of the molecule is CCOC1CC(N)(C(=O)NCc2ccc(Br)s2)C1(C)C. The van der Waals surface area contributed by atoms with Crippen molar-refractivity contribution in [1.29, 1.82) is 0 Å². The summed E-state index contributed by atoms with van der Waals surface area (Å²) in [6, 6.07) is 3.97. The topological polar surface area (TPSA) is 64.3 Å². The van der Waals surface area contributed by atoms with Gasteiger partial charge in [0, 0.05) is 23.3 Å². The first-order valence-corrected chi connectivity index (χ1v) is 8.35. The Kier molecular flexibility index (Phi) is 4.59. The van der Waals surface area contributed by atoms with E-state index in [0.29, 0.717) is 19.6 Å². The number of nitrogens with two attached hydrogens (primary N) is 1. The van der Waals surface area contributed by atoms with Crippen LogP contribution in [-0.4, -0.2) is 24.2 Å². The number of thiophene rings is 1. The van der Waals surface area contributed by atoms with Crippen molar-refractivity contribution in [3.63, 3.8) is 0 Å². The molecule has 3 N–H and O–H groups in total. The lowest BCUT2D eigenvalue weighted by Gasteiger charge is -2.57. The Morgan fingerprint density at radius 1 is 1.60 bits per heavy atom. The van der Waals surface area contributed by atoms with Crippen molar-refractivity contribution in [1.82, 2.24) is 5.32 Å². The molecule has 4 nitrogen and oxygen atoms in total. The minimum atomic E-state index is -0.846. The van der Waals surface area contributed by atoms with Crippen LogP contribution in [0.4, 0.5) is 0 Å². The third-order valence-corrected chi connectivity index (χ3v) is 5.91. The van der Waals surface area contributed by atoms with Crippen LogP contribution in [0, 0.1) is 5.41 Å². The number of hydrogen-bond acceptors (Lipinski definition) is 4. The van der Waals surface area contributed by atoms with Crippen molar-refractivity contribution in [2.24, 2.45) is 11.1 Å².